The Morgan fingerprint density at radius 2 is 1.60 bits per heavy atom. The quantitative estimate of drug-likeness (QED) is 0.939. The molecule has 2 N–H and O–H groups in total. The topological polar surface area (TPSA) is 64.9 Å². The fraction of sp³-hybridized carbons (Fsp3) is 0.429. The van der Waals surface area contributed by atoms with Crippen molar-refractivity contribution in [2.45, 2.75) is 38.6 Å². The van der Waals surface area contributed by atoms with Gasteiger partial charge in [-0.15, -0.1) is 0 Å². The lowest BCUT2D eigenvalue weighted by molar-refractivity contribution is 0.223. The molecule has 0 radical (unpaired) electrons. The van der Waals surface area contributed by atoms with Gasteiger partial charge in [0, 0.05) is 17.2 Å². The smallest absolute Gasteiger partial charge is 0.234 e. The van der Waals surface area contributed by atoms with E-state index >= 15 is 0 Å². The van der Waals surface area contributed by atoms with Crippen LogP contribution in [0.5, 0.6) is 0 Å². The van der Waals surface area contributed by atoms with E-state index in [-0.39, 0.29) is 11.4 Å². The Morgan fingerprint density at radius 3 is 2.10 bits per heavy atom. The van der Waals surface area contributed by atoms with Crippen LogP contribution in [0.2, 0.25) is 0 Å². The Morgan fingerprint density at radius 1 is 1.05 bits per heavy atom. The Kier molecular flexibility index (Phi) is 3.37. The third-order valence-electron chi connectivity index (χ3n) is 3.69. The largest absolute Gasteiger partial charge is 0.338 e. The molecule has 2 rings (SSSR count). The first-order valence-corrected chi connectivity index (χ1v) is 6.21. The van der Waals surface area contributed by atoms with Crippen LogP contribution in [0.15, 0.2) is 22.7 Å². The number of nitrogens with two attached hydrogens (primary N) is 1. The molecule has 0 atom stereocenters. The van der Waals surface area contributed by atoms with Gasteiger partial charge in [-0.25, -0.2) is 8.78 Å². The van der Waals surface area contributed by atoms with Gasteiger partial charge < -0.3 is 10.3 Å². The predicted molar refractivity (Wildman–Crippen MR) is 70.9 cm³/mol. The van der Waals surface area contributed by atoms with Gasteiger partial charge in [0.15, 0.2) is 0 Å². The molecule has 4 nitrogen and oxygen atoms in total. The van der Waals surface area contributed by atoms with Gasteiger partial charge >= 0.3 is 0 Å². The molecule has 2 aromatic rings. The molecule has 0 saturated carbocycles. The summed E-state index contributed by atoms with van der Waals surface area (Å²) < 4.78 is 31.6. The molecule has 1 aromatic heterocycles. The maximum atomic E-state index is 13.2. The second kappa shape index (κ2) is 4.63. The first-order valence-electron chi connectivity index (χ1n) is 6.21. The average molecular weight is 281 g/mol. The SMILES string of the molecule is CC(C)(N)C(C)(C)c1nc(-c2cc(F)cc(F)c2)no1. The molecule has 0 amide bonds. The number of hydrogen-bond donors (Lipinski definition) is 1. The predicted octanol–water partition coefficient (Wildman–Crippen LogP) is 3.03. The van der Waals surface area contributed by atoms with E-state index in [0.29, 0.717) is 5.89 Å². The fourth-order valence-electron chi connectivity index (χ4n) is 1.55. The third kappa shape index (κ3) is 2.56. The summed E-state index contributed by atoms with van der Waals surface area (Å²) in [5.74, 6) is -0.921. The van der Waals surface area contributed by atoms with Crippen LogP contribution in [0.25, 0.3) is 11.4 Å². The number of aromatic nitrogens is 2. The minimum atomic E-state index is -0.690. The number of rotatable bonds is 3. The van der Waals surface area contributed by atoms with Crippen molar-refractivity contribution in [2.24, 2.45) is 5.73 Å². The number of nitrogens with zero attached hydrogens (tertiary/aromatic N) is 2. The molecule has 6 heteroatoms. The molecule has 108 valence electrons. The van der Waals surface area contributed by atoms with E-state index in [0.717, 1.165) is 18.2 Å². The Balaban J connectivity index is 2.43. The average Bonchev–Trinajstić information content (AvgIpc) is 2.75. The highest BCUT2D eigenvalue weighted by Gasteiger charge is 2.40. The van der Waals surface area contributed by atoms with Crippen LogP contribution in [0, 0.1) is 11.6 Å². The fourth-order valence-corrected chi connectivity index (χ4v) is 1.55. The molecule has 0 aliphatic carbocycles. The van der Waals surface area contributed by atoms with Crippen molar-refractivity contribution < 1.29 is 13.3 Å². The van der Waals surface area contributed by atoms with Gasteiger partial charge in [-0.1, -0.05) is 5.16 Å². The molecule has 1 heterocycles. The van der Waals surface area contributed by atoms with Gasteiger partial charge in [0.2, 0.25) is 11.7 Å². The van der Waals surface area contributed by atoms with Crippen LogP contribution in [0.1, 0.15) is 33.6 Å². The van der Waals surface area contributed by atoms with Crippen molar-refractivity contribution in [1.29, 1.82) is 0 Å². The Labute approximate surface area is 116 Å². The standard InChI is InChI=1S/C14H17F2N3O/c1-13(2,14(3,4)17)12-18-11(19-20-12)8-5-9(15)7-10(16)6-8/h5-7H,17H2,1-4H3. The lowest BCUT2D eigenvalue weighted by atomic mass is 9.75. The molecule has 0 aliphatic rings. The van der Waals surface area contributed by atoms with Gasteiger partial charge in [0.05, 0.1) is 5.41 Å². The van der Waals surface area contributed by atoms with Crippen molar-refractivity contribution in [3.63, 3.8) is 0 Å². The molecule has 0 saturated heterocycles. The summed E-state index contributed by atoms with van der Waals surface area (Å²) >= 11 is 0. The number of hydrogen-bond acceptors (Lipinski definition) is 4. The Bertz CT molecular complexity index is 609. The first kappa shape index (κ1) is 14.6. The van der Waals surface area contributed by atoms with Gasteiger partial charge in [-0.3, -0.25) is 0 Å². The molecule has 0 unspecified atom stereocenters. The Hall–Kier alpha value is -1.82. The summed E-state index contributed by atoms with van der Waals surface area (Å²) in [4.78, 5) is 4.21. The molecule has 0 fully saturated rings. The van der Waals surface area contributed by atoms with Crippen LogP contribution in [0.4, 0.5) is 8.78 Å². The van der Waals surface area contributed by atoms with Crippen molar-refractivity contribution in [1.82, 2.24) is 10.1 Å². The minimum Gasteiger partial charge on any atom is -0.338 e. The lowest BCUT2D eigenvalue weighted by Gasteiger charge is -2.34. The first-order chi connectivity index (χ1) is 9.11. The molecule has 0 aliphatic heterocycles. The molecule has 0 bridgehead atoms. The maximum Gasteiger partial charge on any atom is 0.234 e. The van der Waals surface area contributed by atoms with E-state index in [1.165, 1.54) is 0 Å². The highest BCUT2D eigenvalue weighted by atomic mass is 19.1. The van der Waals surface area contributed by atoms with Crippen LogP contribution >= 0.6 is 0 Å². The van der Waals surface area contributed by atoms with Crippen LogP contribution in [-0.2, 0) is 5.41 Å². The van der Waals surface area contributed by atoms with Crippen molar-refractivity contribution in [3.8, 4) is 11.4 Å². The van der Waals surface area contributed by atoms with Crippen LogP contribution in [-0.4, -0.2) is 15.7 Å². The molecule has 20 heavy (non-hydrogen) atoms. The zero-order valence-corrected chi connectivity index (χ0v) is 11.9. The zero-order chi connectivity index (χ0) is 15.1. The third-order valence-corrected chi connectivity index (χ3v) is 3.69. The van der Waals surface area contributed by atoms with E-state index in [4.69, 9.17) is 10.3 Å². The summed E-state index contributed by atoms with van der Waals surface area (Å²) in [7, 11) is 0. The number of halogens is 2. The monoisotopic (exact) mass is 281 g/mol. The van der Waals surface area contributed by atoms with Crippen molar-refractivity contribution >= 4 is 0 Å². The van der Waals surface area contributed by atoms with E-state index in [2.05, 4.69) is 10.1 Å². The van der Waals surface area contributed by atoms with E-state index in [1.54, 1.807) is 0 Å². The maximum absolute atomic E-state index is 13.2. The highest BCUT2D eigenvalue weighted by molar-refractivity contribution is 5.54. The van der Waals surface area contributed by atoms with Crippen LogP contribution < -0.4 is 5.73 Å². The second-order valence-corrected chi connectivity index (χ2v) is 5.93. The van der Waals surface area contributed by atoms with Crippen molar-refractivity contribution in [3.05, 3.63) is 35.7 Å². The van der Waals surface area contributed by atoms with Crippen molar-refractivity contribution in [2.75, 3.05) is 0 Å². The normalized spacial score (nSPS) is 12.8. The summed E-state index contributed by atoms with van der Waals surface area (Å²) in [6.45, 7) is 7.43. The highest BCUT2D eigenvalue weighted by Crippen LogP contribution is 2.33. The zero-order valence-electron chi connectivity index (χ0n) is 11.9. The molecule has 0 spiro atoms. The molecular formula is C14H17F2N3O. The summed E-state index contributed by atoms with van der Waals surface area (Å²) in [5.41, 5.74) is 5.15. The van der Waals surface area contributed by atoms with Gasteiger partial charge in [-0.05, 0) is 39.8 Å². The van der Waals surface area contributed by atoms with Crippen LogP contribution in [0.3, 0.4) is 0 Å². The summed E-state index contributed by atoms with van der Waals surface area (Å²) in [5, 5.41) is 3.77. The second-order valence-electron chi connectivity index (χ2n) is 5.93. The minimum absolute atomic E-state index is 0.135. The van der Waals surface area contributed by atoms with Gasteiger partial charge in [0.25, 0.3) is 0 Å². The van der Waals surface area contributed by atoms with Gasteiger partial charge in [0.1, 0.15) is 11.6 Å². The summed E-state index contributed by atoms with van der Waals surface area (Å²) in [6, 6.07) is 3.09. The van der Waals surface area contributed by atoms with E-state index in [9.17, 15) is 8.78 Å². The summed E-state index contributed by atoms with van der Waals surface area (Å²) in [6.07, 6.45) is 0. The van der Waals surface area contributed by atoms with E-state index < -0.39 is 22.6 Å². The number of benzene rings is 1. The lowest BCUT2D eigenvalue weighted by Crippen LogP contribution is -2.50. The van der Waals surface area contributed by atoms with E-state index in [1.807, 2.05) is 27.7 Å². The molecule has 1 aromatic carbocycles. The molecular weight excluding hydrogens is 264 g/mol. The van der Waals surface area contributed by atoms with Gasteiger partial charge in [-0.2, -0.15) is 4.98 Å².